The van der Waals surface area contributed by atoms with E-state index in [1.165, 1.54) is 11.1 Å². The summed E-state index contributed by atoms with van der Waals surface area (Å²) in [7, 11) is 0. The van der Waals surface area contributed by atoms with Crippen LogP contribution < -0.4 is 5.73 Å². The van der Waals surface area contributed by atoms with Gasteiger partial charge in [0, 0.05) is 18.5 Å². The largest absolute Gasteiger partial charge is 0.455 e. The maximum absolute atomic E-state index is 12.6. The molecule has 1 aromatic heterocycles. The molecule has 22 heavy (non-hydrogen) atoms. The lowest BCUT2D eigenvalue weighted by Gasteiger charge is -2.20. The number of carbonyl (C=O) groups is 1. The van der Waals surface area contributed by atoms with E-state index in [0.29, 0.717) is 24.0 Å². The van der Waals surface area contributed by atoms with Gasteiger partial charge in [-0.15, -0.1) is 0 Å². The predicted molar refractivity (Wildman–Crippen MR) is 85.6 cm³/mol. The Labute approximate surface area is 130 Å². The number of benzene rings is 1. The summed E-state index contributed by atoms with van der Waals surface area (Å²) in [6.07, 6.45) is 0.987. The minimum Gasteiger partial charge on any atom is -0.455 e. The number of nitrogens with two attached hydrogens (primary N) is 1. The number of furan rings is 1. The predicted octanol–water partition coefficient (Wildman–Crippen LogP) is 3.06. The Morgan fingerprint density at radius 2 is 2.09 bits per heavy atom. The van der Waals surface area contributed by atoms with Crippen LogP contribution in [0.15, 0.2) is 40.8 Å². The monoisotopic (exact) mass is 298 g/mol. The minimum atomic E-state index is -0.0386. The third kappa shape index (κ3) is 2.66. The van der Waals surface area contributed by atoms with Crippen molar-refractivity contribution in [3.05, 3.63) is 59.0 Å². The second kappa shape index (κ2) is 5.97. The molecule has 116 valence electrons. The maximum Gasteiger partial charge on any atom is 0.289 e. The van der Waals surface area contributed by atoms with Crippen LogP contribution in [0.25, 0.3) is 0 Å². The summed E-state index contributed by atoms with van der Waals surface area (Å²) in [5, 5.41) is 0. The van der Waals surface area contributed by atoms with Crippen molar-refractivity contribution in [3.63, 3.8) is 0 Å². The molecule has 1 amide bonds. The lowest BCUT2D eigenvalue weighted by Crippen LogP contribution is -2.33. The van der Waals surface area contributed by atoms with Crippen molar-refractivity contribution in [2.24, 2.45) is 5.73 Å². The smallest absolute Gasteiger partial charge is 0.289 e. The zero-order valence-corrected chi connectivity index (χ0v) is 13.1. The molecule has 0 bridgehead atoms. The molecule has 0 aliphatic carbocycles. The normalized spacial score (nSPS) is 21.3. The second-order valence-electron chi connectivity index (χ2n) is 6.07. The van der Waals surface area contributed by atoms with Gasteiger partial charge in [0.1, 0.15) is 5.76 Å². The van der Waals surface area contributed by atoms with Crippen molar-refractivity contribution in [3.8, 4) is 0 Å². The van der Waals surface area contributed by atoms with Gasteiger partial charge in [0.05, 0.1) is 6.54 Å². The van der Waals surface area contributed by atoms with Gasteiger partial charge in [0.25, 0.3) is 5.91 Å². The number of amides is 1. The molecule has 0 radical (unpaired) electrons. The Hall–Kier alpha value is -2.07. The van der Waals surface area contributed by atoms with Crippen molar-refractivity contribution >= 4 is 5.91 Å². The summed E-state index contributed by atoms with van der Waals surface area (Å²) in [4.78, 5) is 14.6. The first-order valence-electron chi connectivity index (χ1n) is 7.75. The molecule has 2 N–H and O–H groups in total. The van der Waals surface area contributed by atoms with E-state index in [4.69, 9.17) is 10.2 Å². The molecule has 1 saturated heterocycles. The van der Waals surface area contributed by atoms with E-state index in [1.54, 1.807) is 12.1 Å². The Morgan fingerprint density at radius 1 is 1.32 bits per heavy atom. The molecule has 4 heteroatoms. The zero-order chi connectivity index (χ0) is 15.7. The highest BCUT2D eigenvalue weighted by Crippen LogP contribution is 2.34. The number of carbonyl (C=O) groups excluding carboxylic acids is 1. The second-order valence-corrected chi connectivity index (χ2v) is 6.07. The molecule has 1 aliphatic rings. The molecule has 3 rings (SSSR count). The fourth-order valence-electron chi connectivity index (χ4n) is 3.33. The molecule has 2 atom stereocenters. The van der Waals surface area contributed by atoms with Gasteiger partial charge in [-0.05, 0) is 43.5 Å². The van der Waals surface area contributed by atoms with E-state index < -0.39 is 0 Å². The molecule has 1 fully saturated rings. The number of hydrogen-bond acceptors (Lipinski definition) is 3. The molecule has 2 aromatic rings. The van der Waals surface area contributed by atoms with Gasteiger partial charge in [-0.1, -0.05) is 24.3 Å². The quantitative estimate of drug-likeness (QED) is 0.947. The Kier molecular flexibility index (Phi) is 4.03. The van der Waals surface area contributed by atoms with Gasteiger partial charge in [0.2, 0.25) is 0 Å². The summed E-state index contributed by atoms with van der Waals surface area (Å²) in [5.41, 5.74) is 8.17. The van der Waals surface area contributed by atoms with E-state index >= 15 is 0 Å². The van der Waals surface area contributed by atoms with Crippen molar-refractivity contribution in [1.29, 1.82) is 0 Å². The van der Waals surface area contributed by atoms with E-state index in [2.05, 4.69) is 38.1 Å². The Bertz CT molecular complexity index is 677. The summed E-state index contributed by atoms with van der Waals surface area (Å²) in [6, 6.07) is 12.1. The average molecular weight is 298 g/mol. The molecule has 0 spiro atoms. The van der Waals surface area contributed by atoms with Crippen molar-refractivity contribution in [2.75, 3.05) is 6.54 Å². The average Bonchev–Trinajstić information content (AvgIpc) is 3.13. The van der Waals surface area contributed by atoms with Crippen LogP contribution in [0.4, 0.5) is 0 Å². The SMILES string of the molecule is Cc1ccccc1[C@H]1C[C@@H](C)N(C(=O)c2ccc(CN)o2)C1. The standard InChI is InChI=1S/C18H22N2O2/c1-12-5-3-4-6-16(12)14-9-13(2)20(11-14)18(21)17-8-7-15(10-19)22-17/h3-8,13-14H,9-11,19H2,1-2H3/t13-,14+/m1/s1. The number of rotatable bonds is 3. The van der Waals surface area contributed by atoms with Crippen LogP contribution in [0.3, 0.4) is 0 Å². The number of aryl methyl sites for hydroxylation is 1. The molecular formula is C18H22N2O2. The molecule has 0 unspecified atom stereocenters. The van der Waals surface area contributed by atoms with Gasteiger partial charge < -0.3 is 15.1 Å². The van der Waals surface area contributed by atoms with Crippen molar-refractivity contribution in [1.82, 2.24) is 4.90 Å². The van der Waals surface area contributed by atoms with Crippen LogP contribution >= 0.6 is 0 Å². The molecular weight excluding hydrogens is 276 g/mol. The van der Waals surface area contributed by atoms with Gasteiger partial charge in [-0.2, -0.15) is 0 Å². The van der Waals surface area contributed by atoms with Gasteiger partial charge in [-0.25, -0.2) is 0 Å². The van der Waals surface area contributed by atoms with Crippen LogP contribution in [0.2, 0.25) is 0 Å². The van der Waals surface area contributed by atoms with Crippen molar-refractivity contribution in [2.45, 2.75) is 38.8 Å². The topological polar surface area (TPSA) is 59.5 Å². The first kappa shape index (κ1) is 14.9. The highest BCUT2D eigenvalue weighted by Gasteiger charge is 2.35. The highest BCUT2D eigenvalue weighted by molar-refractivity contribution is 5.92. The van der Waals surface area contributed by atoms with Crippen LogP contribution in [0, 0.1) is 6.92 Å². The summed E-state index contributed by atoms with van der Waals surface area (Å²) >= 11 is 0. The molecule has 1 aliphatic heterocycles. The molecule has 0 saturated carbocycles. The van der Waals surface area contributed by atoms with E-state index in [-0.39, 0.29) is 11.9 Å². The number of hydrogen-bond donors (Lipinski definition) is 1. The fourth-order valence-corrected chi connectivity index (χ4v) is 3.33. The zero-order valence-electron chi connectivity index (χ0n) is 13.1. The maximum atomic E-state index is 12.6. The van der Waals surface area contributed by atoms with E-state index in [0.717, 1.165) is 13.0 Å². The number of nitrogens with zero attached hydrogens (tertiary/aromatic N) is 1. The molecule has 4 nitrogen and oxygen atoms in total. The first-order valence-corrected chi connectivity index (χ1v) is 7.75. The van der Waals surface area contributed by atoms with E-state index in [9.17, 15) is 4.79 Å². The lowest BCUT2D eigenvalue weighted by atomic mass is 9.93. The van der Waals surface area contributed by atoms with Crippen molar-refractivity contribution < 1.29 is 9.21 Å². The number of likely N-dealkylation sites (tertiary alicyclic amines) is 1. The van der Waals surface area contributed by atoms with Crippen LogP contribution in [-0.2, 0) is 6.54 Å². The van der Waals surface area contributed by atoms with Gasteiger partial charge >= 0.3 is 0 Å². The third-order valence-electron chi connectivity index (χ3n) is 4.54. The summed E-state index contributed by atoms with van der Waals surface area (Å²) in [6.45, 7) is 5.28. The minimum absolute atomic E-state index is 0.0386. The van der Waals surface area contributed by atoms with Crippen LogP contribution in [-0.4, -0.2) is 23.4 Å². The van der Waals surface area contributed by atoms with Gasteiger partial charge in [0.15, 0.2) is 5.76 Å². The summed E-state index contributed by atoms with van der Waals surface area (Å²) in [5.74, 6) is 1.38. The molecule has 2 heterocycles. The highest BCUT2D eigenvalue weighted by atomic mass is 16.4. The van der Waals surface area contributed by atoms with Crippen LogP contribution in [0.1, 0.15) is 46.7 Å². The fraction of sp³-hybridized carbons (Fsp3) is 0.389. The Morgan fingerprint density at radius 3 is 2.77 bits per heavy atom. The van der Waals surface area contributed by atoms with E-state index in [1.807, 2.05) is 4.90 Å². The Balaban J connectivity index is 1.78. The first-order chi connectivity index (χ1) is 10.6. The lowest BCUT2D eigenvalue weighted by molar-refractivity contribution is 0.0711. The van der Waals surface area contributed by atoms with Crippen LogP contribution in [0.5, 0.6) is 0 Å². The summed E-state index contributed by atoms with van der Waals surface area (Å²) < 4.78 is 5.50. The van der Waals surface area contributed by atoms with Gasteiger partial charge in [-0.3, -0.25) is 4.79 Å². The molecule has 1 aromatic carbocycles. The third-order valence-corrected chi connectivity index (χ3v) is 4.54.